The fraction of sp³-hybridized carbons (Fsp3) is 0.944. The van der Waals surface area contributed by atoms with E-state index in [0.717, 1.165) is 32.1 Å². The van der Waals surface area contributed by atoms with Gasteiger partial charge in [0.2, 0.25) is 0 Å². The van der Waals surface area contributed by atoms with Crippen LogP contribution in [0.15, 0.2) is 0 Å². The van der Waals surface area contributed by atoms with Crippen LogP contribution in [0.5, 0.6) is 0 Å². The van der Waals surface area contributed by atoms with Crippen LogP contribution in [-0.4, -0.2) is 52.1 Å². The molecule has 5 nitrogen and oxygen atoms in total. The van der Waals surface area contributed by atoms with E-state index in [1.165, 1.54) is 0 Å². The number of carbonyl (C=O) groups is 1. The summed E-state index contributed by atoms with van der Waals surface area (Å²) in [6, 6.07) is 0. The number of hydrogen-bond donors (Lipinski definition) is 2. The largest absolute Gasteiger partial charge is 0.444 e. The summed E-state index contributed by atoms with van der Waals surface area (Å²) in [5.74, 6) is 0.497. The summed E-state index contributed by atoms with van der Waals surface area (Å²) >= 11 is 0. The SMILES string of the molecule is CC1CCCC(CO)(C2(O)CCCN(C(=O)OC(C)(C)C)C2)C1. The van der Waals surface area contributed by atoms with Gasteiger partial charge in [-0.05, 0) is 52.4 Å². The molecule has 3 unspecified atom stereocenters. The highest BCUT2D eigenvalue weighted by Crippen LogP contribution is 2.49. The van der Waals surface area contributed by atoms with Gasteiger partial charge < -0.3 is 19.8 Å². The summed E-state index contributed by atoms with van der Waals surface area (Å²) in [5.41, 5.74) is -2.06. The normalized spacial score (nSPS) is 35.9. The minimum absolute atomic E-state index is 0.0179. The molecule has 0 radical (unpaired) electrons. The van der Waals surface area contributed by atoms with Crippen LogP contribution in [-0.2, 0) is 4.74 Å². The third-order valence-corrected chi connectivity index (χ3v) is 5.50. The second-order valence-electron chi connectivity index (χ2n) is 8.68. The second-order valence-corrected chi connectivity index (χ2v) is 8.68. The zero-order valence-corrected chi connectivity index (χ0v) is 15.1. The van der Waals surface area contributed by atoms with Gasteiger partial charge in [-0.2, -0.15) is 0 Å². The van der Waals surface area contributed by atoms with Crippen LogP contribution < -0.4 is 0 Å². The lowest BCUT2D eigenvalue weighted by atomic mass is 9.59. The average Bonchev–Trinajstić information content (AvgIpc) is 2.45. The van der Waals surface area contributed by atoms with Crippen LogP contribution in [0.3, 0.4) is 0 Å². The Kier molecular flexibility index (Phi) is 5.31. The second kappa shape index (κ2) is 6.60. The Morgan fingerprint density at radius 3 is 2.57 bits per heavy atom. The molecule has 2 aliphatic rings. The lowest BCUT2D eigenvalue weighted by molar-refractivity contribution is -0.162. The van der Waals surface area contributed by atoms with E-state index in [4.69, 9.17) is 4.74 Å². The highest BCUT2D eigenvalue weighted by molar-refractivity contribution is 5.68. The van der Waals surface area contributed by atoms with E-state index in [1.807, 2.05) is 20.8 Å². The molecule has 1 aliphatic heterocycles. The number of β-amino-alcohol motifs (C(OH)–C–C–N with tert-alkyl or cyclic N) is 1. The van der Waals surface area contributed by atoms with Crippen LogP contribution in [0.25, 0.3) is 0 Å². The molecule has 1 aliphatic carbocycles. The van der Waals surface area contributed by atoms with Gasteiger partial charge in [0.05, 0.1) is 18.8 Å². The van der Waals surface area contributed by atoms with Crippen LogP contribution in [0.4, 0.5) is 4.79 Å². The Balaban J connectivity index is 2.15. The number of nitrogens with zero attached hydrogens (tertiary/aromatic N) is 1. The molecular formula is C18H33NO4. The molecule has 0 aromatic heterocycles. The summed E-state index contributed by atoms with van der Waals surface area (Å²) in [7, 11) is 0. The van der Waals surface area contributed by atoms with Crippen LogP contribution in [0.1, 0.15) is 66.2 Å². The fourth-order valence-corrected chi connectivity index (χ4v) is 4.32. The first kappa shape index (κ1) is 18.5. The van der Waals surface area contributed by atoms with E-state index in [2.05, 4.69) is 6.92 Å². The maximum Gasteiger partial charge on any atom is 0.410 e. The predicted molar refractivity (Wildman–Crippen MR) is 89.1 cm³/mol. The van der Waals surface area contributed by atoms with E-state index >= 15 is 0 Å². The van der Waals surface area contributed by atoms with Gasteiger partial charge in [-0.25, -0.2) is 4.79 Å². The minimum Gasteiger partial charge on any atom is -0.444 e. The highest BCUT2D eigenvalue weighted by atomic mass is 16.6. The Hall–Kier alpha value is -0.810. The maximum atomic E-state index is 12.4. The summed E-state index contributed by atoms with van der Waals surface area (Å²) in [5, 5.41) is 21.5. The molecule has 134 valence electrons. The van der Waals surface area contributed by atoms with E-state index in [0.29, 0.717) is 18.9 Å². The number of carbonyl (C=O) groups excluding carboxylic acids is 1. The molecular weight excluding hydrogens is 294 g/mol. The monoisotopic (exact) mass is 327 g/mol. The number of aliphatic hydroxyl groups is 2. The smallest absolute Gasteiger partial charge is 0.410 e. The summed E-state index contributed by atoms with van der Waals surface area (Å²) in [4.78, 5) is 14.0. The number of aliphatic hydroxyl groups excluding tert-OH is 1. The number of piperidine rings is 1. The highest BCUT2D eigenvalue weighted by Gasteiger charge is 2.53. The van der Waals surface area contributed by atoms with Crippen molar-refractivity contribution >= 4 is 6.09 Å². The third-order valence-electron chi connectivity index (χ3n) is 5.50. The molecule has 1 heterocycles. The molecule has 0 spiro atoms. The van der Waals surface area contributed by atoms with Gasteiger partial charge in [0.15, 0.2) is 0 Å². The van der Waals surface area contributed by atoms with Crippen molar-refractivity contribution in [3.63, 3.8) is 0 Å². The zero-order valence-electron chi connectivity index (χ0n) is 15.1. The molecule has 1 amide bonds. The van der Waals surface area contributed by atoms with Gasteiger partial charge in [0, 0.05) is 12.0 Å². The van der Waals surface area contributed by atoms with E-state index in [-0.39, 0.29) is 19.2 Å². The standard InChI is InChI=1S/C18H33NO4/c1-14-7-5-8-17(11-14,13-20)18(22)9-6-10-19(12-18)15(21)23-16(2,3)4/h14,20,22H,5-13H2,1-4H3. The maximum absolute atomic E-state index is 12.4. The topological polar surface area (TPSA) is 70.0 Å². The summed E-state index contributed by atoms with van der Waals surface area (Å²) in [6.45, 7) is 8.57. The van der Waals surface area contributed by atoms with Gasteiger partial charge in [-0.3, -0.25) is 0 Å². The van der Waals surface area contributed by atoms with Crippen LogP contribution >= 0.6 is 0 Å². The predicted octanol–water partition coefficient (Wildman–Crippen LogP) is 2.94. The molecule has 0 aromatic rings. The lowest BCUT2D eigenvalue weighted by Crippen LogP contribution is -2.62. The van der Waals surface area contributed by atoms with Crippen molar-refractivity contribution in [1.82, 2.24) is 4.90 Å². The van der Waals surface area contributed by atoms with Crippen molar-refractivity contribution in [2.45, 2.75) is 77.4 Å². The molecule has 23 heavy (non-hydrogen) atoms. The average molecular weight is 327 g/mol. The molecule has 0 aromatic carbocycles. The first-order valence-electron chi connectivity index (χ1n) is 8.92. The lowest BCUT2D eigenvalue weighted by Gasteiger charge is -2.53. The van der Waals surface area contributed by atoms with Gasteiger partial charge in [-0.1, -0.05) is 19.8 Å². The molecule has 2 fully saturated rings. The first-order valence-corrected chi connectivity index (χ1v) is 8.92. The Labute approximate surface area is 140 Å². The number of likely N-dealkylation sites (tertiary alicyclic amines) is 1. The molecule has 5 heteroatoms. The van der Waals surface area contributed by atoms with Gasteiger partial charge in [0.1, 0.15) is 5.60 Å². The number of amides is 1. The molecule has 3 atom stereocenters. The quantitative estimate of drug-likeness (QED) is 0.818. The van der Waals surface area contributed by atoms with Crippen LogP contribution in [0, 0.1) is 11.3 Å². The van der Waals surface area contributed by atoms with Crippen molar-refractivity contribution in [3.05, 3.63) is 0 Å². The molecule has 1 saturated carbocycles. The van der Waals surface area contributed by atoms with Gasteiger partial charge in [0.25, 0.3) is 0 Å². The number of hydrogen-bond acceptors (Lipinski definition) is 4. The van der Waals surface area contributed by atoms with Crippen molar-refractivity contribution in [1.29, 1.82) is 0 Å². The zero-order chi connectivity index (χ0) is 17.3. The molecule has 1 saturated heterocycles. The van der Waals surface area contributed by atoms with Crippen molar-refractivity contribution < 1.29 is 19.7 Å². The molecule has 2 rings (SSSR count). The number of rotatable bonds is 2. The Morgan fingerprint density at radius 2 is 2.00 bits per heavy atom. The van der Waals surface area contributed by atoms with E-state index < -0.39 is 16.6 Å². The molecule has 2 N–H and O–H groups in total. The Morgan fingerprint density at radius 1 is 1.30 bits per heavy atom. The van der Waals surface area contributed by atoms with Gasteiger partial charge in [-0.15, -0.1) is 0 Å². The van der Waals surface area contributed by atoms with Gasteiger partial charge >= 0.3 is 6.09 Å². The number of ether oxygens (including phenoxy) is 1. The van der Waals surface area contributed by atoms with E-state index in [1.54, 1.807) is 4.90 Å². The van der Waals surface area contributed by atoms with Crippen molar-refractivity contribution in [3.8, 4) is 0 Å². The Bertz CT molecular complexity index is 433. The van der Waals surface area contributed by atoms with Crippen molar-refractivity contribution in [2.75, 3.05) is 19.7 Å². The fourth-order valence-electron chi connectivity index (χ4n) is 4.32. The summed E-state index contributed by atoms with van der Waals surface area (Å²) in [6.07, 6.45) is 4.83. The van der Waals surface area contributed by atoms with Crippen LogP contribution in [0.2, 0.25) is 0 Å². The summed E-state index contributed by atoms with van der Waals surface area (Å²) < 4.78 is 5.46. The van der Waals surface area contributed by atoms with Crippen molar-refractivity contribution in [2.24, 2.45) is 11.3 Å². The molecule has 0 bridgehead atoms. The first-order chi connectivity index (χ1) is 10.6. The third kappa shape index (κ3) is 4.00. The van der Waals surface area contributed by atoms with E-state index in [9.17, 15) is 15.0 Å². The minimum atomic E-state index is -1.02.